The zero-order valence-electron chi connectivity index (χ0n) is 14.0. The molecule has 0 radical (unpaired) electrons. The van der Waals surface area contributed by atoms with Crippen LogP contribution < -0.4 is 5.73 Å². The molecule has 0 aliphatic rings. The molecule has 0 spiro atoms. The second kappa shape index (κ2) is 7.12. The minimum atomic E-state index is 0.247. The number of rotatable bonds is 2. The molecule has 0 unspecified atom stereocenters. The van der Waals surface area contributed by atoms with Gasteiger partial charge in [0.05, 0.1) is 28.8 Å². The van der Waals surface area contributed by atoms with E-state index < -0.39 is 0 Å². The summed E-state index contributed by atoms with van der Waals surface area (Å²) in [6.45, 7) is 0.247. The van der Waals surface area contributed by atoms with Gasteiger partial charge in [-0.25, -0.2) is 9.97 Å². The molecule has 5 heteroatoms. The van der Waals surface area contributed by atoms with E-state index >= 15 is 0 Å². The average Bonchev–Trinajstić information content (AvgIpc) is 2.74. The summed E-state index contributed by atoms with van der Waals surface area (Å²) in [7, 11) is 0. The van der Waals surface area contributed by atoms with Crippen LogP contribution >= 0.6 is 11.6 Å². The van der Waals surface area contributed by atoms with Gasteiger partial charge in [-0.15, -0.1) is 0 Å². The van der Waals surface area contributed by atoms with E-state index in [-0.39, 0.29) is 6.54 Å². The van der Waals surface area contributed by atoms with E-state index in [1.807, 2.05) is 60.7 Å². The average molecular weight is 361 g/mol. The number of H-pyrrole nitrogens is 1. The summed E-state index contributed by atoms with van der Waals surface area (Å²) in [4.78, 5) is 12.9. The Hall–Kier alpha value is -2.95. The molecule has 0 saturated carbocycles. The minimum absolute atomic E-state index is 0.247. The van der Waals surface area contributed by atoms with Crippen LogP contribution in [0.5, 0.6) is 0 Å². The van der Waals surface area contributed by atoms with E-state index in [9.17, 15) is 0 Å². The molecule has 0 aliphatic carbocycles. The Kier molecular flexibility index (Phi) is 4.52. The van der Waals surface area contributed by atoms with Crippen LogP contribution in [0.25, 0.3) is 33.2 Å². The fraction of sp³-hybridized carbons (Fsp3) is 0.0476. The van der Waals surface area contributed by atoms with Crippen LogP contribution in [0, 0.1) is 0 Å². The predicted molar refractivity (Wildman–Crippen MR) is 107 cm³/mol. The van der Waals surface area contributed by atoms with Gasteiger partial charge in [-0.3, -0.25) is 0 Å². The van der Waals surface area contributed by atoms with Crippen LogP contribution in [0.3, 0.4) is 0 Å². The number of aromatic amines is 1. The Morgan fingerprint density at radius 2 is 1.58 bits per heavy atom. The van der Waals surface area contributed by atoms with Crippen molar-refractivity contribution in [3.63, 3.8) is 0 Å². The molecule has 3 N–H and O–H groups in total. The van der Waals surface area contributed by atoms with Crippen molar-refractivity contribution < 1.29 is 0 Å². The maximum Gasteiger partial charge on any atom is 0.143 e. The van der Waals surface area contributed by atoms with E-state index in [0.717, 1.165) is 33.2 Å². The Labute approximate surface area is 156 Å². The van der Waals surface area contributed by atoms with Crippen LogP contribution in [0.4, 0.5) is 0 Å². The number of halogens is 1. The van der Waals surface area contributed by atoms with E-state index in [1.165, 1.54) is 0 Å². The summed E-state index contributed by atoms with van der Waals surface area (Å²) in [6, 6.07) is 23.6. The summed E-state index contributed by atoms with van der Waals surface area (Å²) in [5, 5.41) is 1.55. The van der Waals surface area contributed by atoms with Gasteiger partial charge in [0, 0.05) is 10.4 Å². The number of nitrogens with one attached hydrogen (secondary N) is 1. The largest absolute Gasteiger partial charge is 0.353 e. The van der Waals surface area contributed by atoms with Crippen LogP contribution in [0.15, 0.2) is 72.8 Å². The molecule has 1 heterocycles. The third-order valence-corrected chi connectivity index (χ3v) is 4.37. The number of fused-ring (bicyclic) bond motifs is 2. The van der Waals surface area contributed by atoms with Gasteiger partial charge >= 0.3 is 0 Å². The molecule has 26 heavy (non-hydrogen) atoms. The molecule has 0 saturated heterocycles. The second-order valence-electron chi connectivity index (χ2n) is 5.89. The number of nitrogens with two attached hydrogens (primary N) is 1. The summed E-state index contributed by atoms with van der Waals surface area (Å²) in [5.41, 5.74) is 10.3. The Morgan fingerprint density at radius 1 is 0.846 bits per heavy atom. The van der Waals surface area contributed by atoms with Gasteiger partial charge in [0.15, 0.2) is 0 Å². The summed E-state index contributed by atoms with van der Waals surface area (Å²) >= 11 is 6.30. The van der Waals surface area contributed by atoms with Gasteiger partial charge in [-0.05, 0) is 35.9 Å². The van der Waals surface area contributed by atoms with Crippen molar-refractivity contribution in [2.45, 2.75) is 6.54 Å². The SMILES string of the molecule is NCc1nc2ccccc2[nH]c(-c2ccccc2)c2cc(Cl)ccc2n1. The first kappa shape index (κ1) is 16.5. The van der Waals surface area contributed by atoms with E-state index in [4.69, 9.17) is 22.3 Å². The summed E-state index contributed by atoms with van der Waals surface area (Å²) < 4.78 is 0. The highest BCUT2D eigenvalue weighted by Crippen LogP contribution is 2.27. The van der Waals surface area contributed by atoms with Crippen molar-refractivity contribution in [2.75, 3.05) is 0 Å². The number of nitrogens with zero attached hydrogens (tertiary/aromatic N) is 2. The fourth-order valence-corrected chi connectivity index (χ4v) is 3.08. The lowest BCUT2D eigenvalue weighted by Gasteiger charge is -2.05. The lowest BCUT2D eigenvalue weighted by Crippen LogP contribution is -2.00. The topological polar surface area (TPSA) is 67.6 Å². The summed E-state index contributed by atoms with van der Waals surface area (Å²) in [5.74, 6) is 0.567. The molecular formula is C21H17ClN4. The van der Waals surface area contributed by atoms with Gasteiger partial charge in [-0.2, -0.15) is 0 Å². The molecule has 4 aromatic rings. The maximum atomic E-state index is 6.30. The van der Waals surface area contributed by atoms with Crippen LogP contribution in [0.1, 0.15) is 5.82 Å². The molecule has 4 nitrogen and oxygen atoms in total. The predicted octanol–water partition coefficient (Wildman–Crippen LogP) is 5.01. The van der Waals surface area contributed by atoms with Crippen LogP contribution in [0.2, 0.25) is 5.02 Å². The standard InChI is InChI=1S/C21H17ClN4/c22-15-10-11-17-16(12-15)21(14-6-2-1-3-7-14)26-19-9-5-4-8-18(19)25-20(13-23)24-17/h1-12,26H,13,23H2. The normalized spacial score (nSPS) is 10.8. The fourth-order valence-electron chi connectivity index (χ4n) is 2.91. The molecule has 0 fully saturated rings. The molecule has 3 aromatic carbocycles. The third-order valence-electron chi connectivity index (χ3n) is 4.14. The third kappa shape index (κ3) is 3.25. The monoisotopic (exact) mass is 360 g/mol. The van der Waals surface area contributed by atoms with Crippen molar-refractivity contribution in [2.24, 2.45) is 5.73 Å². The number of para-hydroxylation sites is 2. The molecule has 0 bridgehead atoms. The highest BCUT2D eigenvalue weighted by molar-refractivity contribution is 6.31. The number of hydrogen-bond donors (Lipinski definition) is 2. The number of hydrogen-bond acceptors (Lipinski definition) is 3. The van der Waals surface area contributed by atoms with E-state index in [1.54, 1.807) is 0 Å². The second-order valence-corrected chi connectivity index (χ2v) is 6.33. The van der Waals surface area contributed by atoms with Crippen molar-refractivity contribution >= 4 is 33.5 Å². The number of benzene rings is 3. The molecular weight excluding hydrogens is 344 g/mol. The molecule has 1 aromatic heterocycles. The maximum absolute atomic E-state index is 6.30. The van der Waals surface area contributed by atoms with Gasteiger partial charge in [0.25, 0.3) is 0 Å². The van der Waals surface area contributed by atoms with Crippen molar-refractivity contribution in [3.05, 3.63) is 83.6 Å². The van der Waals surface area contributed by atoms with E-state index in [0.29, 0.717) is 10.8 Å². The lowest BCUT2D eigenvalue weighted by molar-refractivity contribution is 0.942. The van der Waals surface area contributed by atoms with Gasteiger partial charge in [-0.1, -0.05) is 54.1 Å². The summed E-state index contributed by atoms with van der Waals surface area (Å²) in [6.07, 6.45) is 0. The quantitative estimate of drug-likeness (QED) is 0.527. The highest BCUT2D eigenvalue weighted by Gasteiger charge is 2.06. The van der Waals surface area contributed by atoms with Gasteiger partial charge < -0.3 is 10.7 Å². The lowest BCUT2D eigenvalue weighted by atomic mass is 10.1. The Morgan fingerprint density at radius 3 is 2.38 bits per heavy atom. The highest BCUT2D eigenvalue weighted by atomic mass is 35.5. The van der Waals surface area contributed by atoms with Crippen molar-refractivity contribution in [1.82, 2.24) is 15.0 Å². The Balaban J connectivity index is 2.26. The smallest absolute Gasteiger partial charge is 0.143 e. The minimum Gasteiger partial charge on any atom is -0.353 e. The van der Waals surface area contributed by atoms with E-state index in [2.05, 4.69) is 22.1 Å². The van der Waals surface area contributed by atoms with Crippen molar-refractivity contribution in [1.29, 1.82) is 0 Å². The first-order chi connectivity index (χ1) is 12.7. The first-order valence-corrected chi connectivity index (χ1v) is 8.70. The number of aromatic nitrogens is 3. The molecule has 0 aliphatic heterocycles. The van der Waals surface area contributed by atoms with Gasteiger partial charge in [0.1, 0.15) is 5.82 Å². The Bertz CT molecular complexity index is 1130. The molecule has 4 rings (SSSR count). The molecule has 0 atom stereocenters. The molecule has 128 valence electrons. The first-order valence-electron chi connectivity index (χ1n) is 8.32. The van der Waals surface area contributed by atoms with Crippen molar-refractivity contribution in [3.8, 4) is 11.3 Å². The van der Waals surface area contributed by atoms with Crippen LogP contribution in [-0.2, 0) is 6.54 Å². The van der Waals surface area contributed by atoms with Crippen LogP contribution in [-0.4, -0.2) is 15.0 Å². The molecule has 0 amide bonds. The zero-order valence-corrected chi connectivity index (χ0v) is 14.7. The zero-order chi connectivity index (χ0) is 17.9. The van der Waals surface area contributed by atoms with Gasteiger partial charge in [0.2, 0.25) is 0 Å².